The van der Waals surface area contributed by atoms with Gasteiger partial charge in [0, 0.05) is 0 Å². The third kappa shape index (κ3) is 5.81. The molecule has 1 atom stereocenters. The molecule has 0 aliphatic rings. The van der Waals surface area contributed by atoms with Crippen LogP contribution in [0, 0.1) is 10.8 Å². The molecule has 0 rings (SSSR count). The molecule has 0 saturated carbocycles. The van der Waals surface area contributed by atoms with E-state index in [1.807, 2.05) is 27.7 Å². The SMILES string of the molecule is CCC(C)OC(=O)C(C)(C)CC(C)(C)C. The van der Waals surface area contributed by atoms with Crippen LogP contribution in [0.25, 0.3) is 0 Å². The first kappa shape index (κ1) is 14.5. The Hall–Kier alpha value is -0.530. The Labute approximate surface area is 94.4 Å². The Bertz CT molecular complexity index is 211. The zero-order valence-electron chi connectivity index (χ0n) is 11.3. The molecule has 0 heterocycles. The van der Waals surface area contributed by atoms with Gasteiger partial charge in [0.15, 0.2) is 0 Å². The molecule has 0 aromatic heterocycles. The van der Waals surface area contributed by atoms with E-state index in [9.17, 15) is 4.79 Å². The summed E-state index contributed by atoms with van der Waals surface area (Å²) in [5.41, 5.74) is -0.236. The van der Waals surface area contributed by atoms with Crippen molar-refractivity contribution in [2.24, 2.45) is 10.8 Å². The monoisotopic (exact) mass is 214 g/mol. The standard InChI is InChI=1S/C13H26O2/c1-8-10(2)15-11(14)13(6,7)9-12(3,4)5/h10H,8-9H2,1-7H3. The summed E-state index contributed by atoms with van der Waals surface area (Å²) in [6.45, 7) is 14.3. The van der Waals surface area contributed by atoms with E-state index >= 15 is 0 Å². The van der Waals surface area contributed by atoms with Gasteiger partial charge in [0.25, 0.3) is 0 Å². The van der Waals surface area contributed by atoms with Crippen LogP contribution in [0.4, 0.5) is 0 Å². The van der Waals surface area contributed by atoms with Gasteiger partial charge < -0.3 is 4.74 Å². The Morgan fingerprint density at radius 2 is 1.67 bits per heavy atom. The van der Waals surface area contributed by atoms with Gasteiger partial charge in [-0.05, 0) is 39.0 Å². The highest BCUT2D eigenvalue weighted by atomic mass is 16.5. The summed E-state index contributed by atoms with van der Waals surface area (Å²) in [7, 11) is 0. The summed E-state index contributed by atoms with van der Waals surface area (Å²) in [6.07, 6.45) is 1.74. The second-order valence-electron chi connectivity index (χ2n) is 6.25. The molecule has 0 bridgehead atoms. The molecule has 0 amide bonds. The molecule has 0 aromatic carbocycles. The van der Waals surface area contributed by atoms with Crippen molar-refractivity contribution in [2.75, 3.05) is 0 Å². The van der Waals surface area contributed by atoms with Crippen molar-refractivity contribution in [1.29, 1.82) is 0 Å². The van der Waals surface area contributed by atoms with Crippen molar-refractivity contribution in [3.63, 3.8) is 0 Å². The van der Waals surface area contributed by atoms with E-state index in [0.717, 1.165) is 12.8 Å². The van der Waals surface area contributed by atoms with E-state index in [0.29, 0.717) is 0 Å². The summed E-state index contributed by atoms with van der Waals surface area (Å²) >= 11 is 0. The number of carbonyl (C=O) groups is 1. The van der Waals surface area contributed by atoms with E-state index in [-0.39, 0.29) is 22.9 Å². The zero-order chi connectivity index (χ0) is 12.3. The minimum atomic E-state index is -0.387. The second kappa shape index (κ2) is 5.00. The van der Waals surface area contributed by atoms with Crippen molar-refractivity contribution in [3.05, 3.63) is 0 Å². The summed E-state index contributed by atoms with van der Waals surface area (Å²) in [6, 6.07) is 0. The first-order valence-electron chi connectivity index (χ1n) is 5.79. The lowest BCUT2D eigenvalue weighted by atomic mass is 9.76. The van der Waals surface area contributed by atoms with Crippen LogP contribution in [0.15, 0.2) is 0 Å². The average molecular weight is 214 g/mol. The first-order valence-corrected chi connectivity index (χ1v) is 5.79. The summed E-state index contributed by atoms with van der Waals surface area (Å²) in [4.78, 5) is 11.9. The van der Waals surface area contributed by atoms with Crippen LogP contribution >= 0.6 is 0 Å². The van der Waals surface area contributed by atoms with Gasteiger partial charge >= 0.3 is 5.97 Å². The van der Waals surface area contributed by atoms with Gasteiger partial charge in [-0.3, -0.25) is 4.79 Å². The predicted molar refractivity (Wildman–Crippen MR) is 63.7 cm³/mol. The lowest BCUT2D eigenvalue weighted by molar-refractivity contribution is -0.160. The fraction of sp³-hybridized carbons (Fsp3) is 0.923. The minimum absolute atomic E-state index is 0.0248. The fourth-order valence-electron chi connectivity index (χ4n) is 1.82. The van der Waals surface area contributed by atoms with Crippen molar-refractivity contribution in [3.8, 4) is 0 Å². The molecule has 0 aliphatic heterocycles. The maximum atomic E-state index is 11.9. The van der Waals surface area contributed by atoms with Crippen LogP contribution in [0.1, 0.15) is 61.3 Å². The molecular weight excluding hydrogens is 188 g/mol. The first-order chi connectivity index (χ1) is 6.58. The normalized spacial score (nSPS) is 14.9. The van der Waals surface area contributed by atoms with Gasteiger partial charge in [0.05, 0.1) is 11.5 Å². The maximum Gasteiger partial charge on any atom is 0.311 e. The number of ether oxygens (including phenoxy) is 1. The Morgan fingerprint density at radius 3 is 2.00 bits per heavy atom. The molecule has 0 aliphatic carbocycles. The van der Waals surface area contributed by atoms with Crippen LogP contribution in [0.3, 0.4) is 0 Å². The molecule has 2 nitrogen and oxygen atoms in total. The topological polar surface area (TPSA) is 26.3 Å². The molecule has 2 heteroatoms. The van der Waals surface area contributed by atoms with Crippen molar-refractivity contribution in [1.82, 2.24) is 0 Å². The van der Waals surface area contributed by atoms with Gasteiger partial charge in [-0.25, -0.2) is 0 Å². The fourth-order valence-corrected chi connectivity index (χ4v) is 1.82. The lowest BCUT2D eigenvalue weighted by Crippen LogP contribution is -2.33. The third-order valence-electron chi connectivity index (χ3n) is 2.41. The van der Waals surface area contributed by atoms with Crippen LogP contribution < -0.4 is 0 Å². The Balaban J connectivity index is 4.39. The molecule has 0 fully saturated rings. The summed E-state index contributed by atoms with van der Waals surface area (Å²) < 4.78 is 5.37. The van der Waals surface area contributed by atoms with Gasteiger partial charge in [-0.1, -0.05) is 27.7 Å². The molecule has 1 unspecified atom stereocenters. The van der Waals surface area contributed by atoms with Gasteiger partial charge in [0.2, 0.25) is 0 Å². The van der Waals surface area contributed by atoms with Crippen LogP contribution in [-0.4, -0.2) is 12.1 Å². The van der Waals surface area contributed by atoms with Gasteiger partial charge in [-0.15, -0.1) is 0 Å². The number of hydrogen-bond donors (Lipinski definition) is 0. The smallest absolute Gasteiger partial charge is 0.311 e. The van der Waals surface area contributed by atoms with Crippen LogP contribution in [0.2, 0.25) is 0 Å². The highest BCUT2D eigenvalue weighted by molar-refractivity contribution is 5.76. The van der Waals surface area contributed by atoms with Gasteiger partial charge in [-0.2, -0.15) is 0 Å². The Kier molecular flexibility index (Phi) is 4.82. The summed E-state index contributed by atoms with van der Waals surface area (Å²) in [5.74, 6) is -0.0771. The quantitative estimate of drug-likeness (QED) is 0.665. The molecule has 0 N–H and O–H groups in total. The summed E-state index contributed by atoms with van der Waals surface area (Å²) in [5, 5.41) is 0. The second-order valence-corrected chi connectivity index (χ2v) is 6.25. The minimum Gasteiger partial charge on any atom is -0.462 e. The number of esters is 1. The molecule has 0 aromatic rings. The lowest BCUT2D eigenvalue weighted by Gasteiger charge is -2.31. The largest absolute Gasteiger partial charge is 0.462 e. The van der Waals surface area contributed by atoms with E-state index in [1.54, 1.807) is 0 Å². The predicted octanol–water partition coefficient (Wildman–Crippen LogP) is 3.79. The molecule has 90 valence electrons. The van der Waals surface area contributed by atoms with E-state index in [2.05, 4.69) is 20.8 Å². The number of carbonyl (C=O) groups excluding carboxylic acids is 1. The van der Waals surface area contributed by atoms with E-state index < -0.39 is 0 Å². The van der Waals surface area contributed by atoms with Crippen molar-refractivity contribution < 1.29 is 9.53 Å². The molecule has 0 spiro atoms. The average Bonchev–Trinajstić information content (AvgIpc) is 1.99. The highest BCUT2D eigenvalue weighted by Gasteiger charge is 2.34. The van der Waals surface area contributed by atoms with E-state index in [1.165, 1.54) is 0 Å². The van der Waals surface area contributed by atoms with Crippen LogP contribution in [0.5, 0.6) is 0 Å². The molecular formula is C13H26O2. The number of hydrogen-bond acceptors (Lipinski definition) is 2. The van der Waals surface area contributed by atoms with E-state index in [4.69, 9.17) is 4.74 Å². The van der Waals surface area contributed by atoms with Crippen LogP contribution in [-0.2, 0) is 9.53 Å². The van der Waals surface area contributed by atoms with Crippen molar-refractivity contribution in [2.45, 2.75) is 67.4 Å². The number of rotatable bonds is 4. The zero-order valence-corrected chi connectivity index (χ0v) is 11.3. The van der Waals surface area contributed by atoms with Crippen molar-refractivity contribution >= 4 is 5.97 Å². The molecule has 0 saturated heterocycles. The molecule has 15 heavy (non-hydrogen) atoms. The maximum absolute atomic E-state index is 11.9. The Morgan fingerprint density at radius 1 is 1.20 bits per heavy atom. The van der Waals surface area contributed by atoms with Gasteiger partial charge in [0.1, 0.15) is 0 Å². The molecule has 0 radical (unpaired) electrons. The highest BCUT2D eigenvalue weighted by Crippen LogP contribution is 2.34. The third-order valence-corrected chi connectivity index (χ3v) is 2.41.